The minimum Gasteiger partial charge on any atom is -0.322 e. The van der Waals surface area contributed by atoms with Gasteiger partial charge in [-0.15, -0.1) is 0 Å². The van der Waals surface area contributed by atoms with Crippen LogP contribution in [0.3, 0.4) is 0 Å². The van der Waals surface area contributed by atoms with Crippen LogP contribution in [0, 0.1) is 17.3 Å². The Labute approximate surface area is 233 Å². The number of anilines is 1. The fourth-order valence-electron chi connectivity index (χ4n) is 4.08. The lowest BCUT2D eigenvalue weighted by molar-refractivity contribution is -0.141. The number of hydrogen-bond acceptors (Lipinski definition) is 5. The molecule has 1 amide bonds. The van der Waals surface area contributed by atoms with Crippen LogP contribution >= 0.6 is 0 Å². The third kappa shape index (κ3) is 6.45. The Morgan fingerprint density at radius 2 is 1.61 bits per heavy atom. The first-order valence-corrected chi connectivity index (χ1v) is 13.5. The first-order valence-electron chi connectivity index (χ1n) is 12.0. The van der Waals surface area contributed by atoms with E-state index in [4.69, 9.17) is 0 Å². The van der Waals surface area contributed by atoms with Crippen LogP contribution in [0.4, 0.5) is 23.2 Å². The Morgan fingerprint density at radius 1 is 0.951 bits per heavy atom. The quantitative estimate of drug-likeness (QED) is 0.268. The van der Waals surface area contributed by atoms with Gasteiger partial charge in [-0.1, -0.05) is 48.5 Å². The number of nitrogens with one attached hydrogen (secondary N) is 2. The van der Waals surface area contributed by atoms with Gasteiger partial charge in [0.1, 0.15) is 5.82 Å². The molecule has 8 nitrogen and oxygen atoms in total. The van der Waals surface area contributed by atoms with Gasteiger partial charge >= 0.3 is 6.18 Å². The van der Waals surface area contributed by atoms with Crippen molar-refractivity contribution in [2.45, 2.75) is 37.4 Å². The number of nitriles is 1. The van der Waals surface area contributed by atoms with Gasteiger partial charge in [-0.05, 0) is 50.6 Å². The molecule has 0 bridgehead atoms. The van der Waals surface area contributed by atoms with E-state index in [9.17, 15) is 31.6 Å². The smallest absolute Gasteiger partial charge is 0.322 e. The number of hydrogen-bond donors (Lipinski definition) is 2. The predicted octanol–water partition coefficient (Wildman–Crippen LogP) is 6.03. The highest BCUT2D eigenvalue weighted by atomic mass is 32.2. The molecule has 0 saturated carbocycles. The third-order valence-corrected chi connectivity index (χ3v) is 7.40. The molecule has 4 aromatic rings. The van der Waals surface area contributed by atoms with Gasteiger partial charge in [-0.3, -0.25) is 4.79 Å². The Kier molecular flexibility index (Phi) is 7.75. The molecular weight excluding hydrogens is 562 g/mol. The minimum absolute atomic E-state index is 0.00550. The number of carbonyl (C=O) groups is 1. The summed E-state index contributed by atoms with van der Waals surface area (Å²) in [5, 5.41) is 15.2. The SMILES string of the molecule is CC(C)(C)NS(=O)(=O)c1ccc(-c2cccc(NC(=O)c3c(C(F)(F)F)nn(C#N)c3-c3ccccc3)c2)c(F)c1. The molecule has 0 saturated heterocycles. The van der Waals surface area contributed by atoms with Crippen molar-refractivity contribution >= 4 is 21.6 Å². The van der Waals surface area contributed by atoms with Crippen LogP contribution in [-0.4, -0.2) is 29.6 Å². The molecule has 0 fully saturated rings. The second-order valence-electron chi connectivity index (χ2n) is 9.98. The number of benzene rings is 3. The predicted molar refractivity (Wildman–Crippen MR) is 144 cm³/mol. The van der Waals surface area contributed by atoms with E-state index in [2.05, 4.69) is 15.1 Å². The summed E-state index contributed by atoms with van der Waals surface area (Å²) >= 11 is 0. The summed E-state index contributed by atoms with van der Waals surface area (Å²) in [7, 11) is -4.01. The van der Waals surface area contributed by atoms with Gasteiger partial charge in [-0.25, -0.2) is 17.5 Å². The topological polar surface area (TPSA) is 117 Å². The van der Waals surface area contributed by atoms with Crippen molar-refractivity contribution in [3.05, 3.63) is 89.9 Å². The van der Waals surface area contributed by atoms with Crippen molar-refractivity contribution in [1.82, 2.24) is 14.5 Å². The van der Waals surface area contributed by atoms with E-state index in [1.54, 1.807) is 33.0 Å². The Morgan fingerprint density at radius 3 is 2.20 bits per heavy atom. The van der Waals surface area contributed by atoms with Gasteiger partial charge in [0.05, 0.1) is 16.2 Å². The summed E-state index contributed by atoms with van der Waals surface area (Å²) < 4.78 is 84.7. The van der Waals surface area contributed by atoms with E-state index in [0.29, 0.717) is 4.68 Å². The number of aromatic nitrogens is 2. The molecule has 0 atom stereocenters. The molecule has 0 aliphatic carbocycles. The number of rotatable bonds is 6. The van der Waals surface area contributed by atoms with Gasteiger partial charge in [0.15, 0.2) is 5.69 Å². The van der Waals surface area contributed by atoms with Crippen LogP contribution in [0.15, 0.2) is 77.7 Å². The largest absolute Gasteiger partial charge is 0.436 e. The van der Waals surface area contributed by atoms with Crippen LogP contribution < -0.4 is 10.0 Å². The molecule has 1 aromatic heterocycles. The average Bonchev–Trinajstić information content (AvgIpc) is 3.29. The Bertz CT molecular complexity index is 1770. The molecule has 0 spiro atoms. The zero-order valence-electron chi connectivity index (χ0n) is 21.9. The number of carbonyl (C=O) groups excluding carboxylic acids is 1. The summed E-state index contributed by atoms with van der Waals surface area (Å²) in [4.78, 5) is 13.0. The molecular formula is C28H23F4N5O3S. The first-order chi connectivity index (χ1) is 19.1. The molecule has 0 aliphatic rings. The molecule has 1 heterocycles. The second-order valence-corrected chi connectivity index (χ2v) is 11.7. The van der Waals surface area contributed by atoms with E-state index in [-0.39, 0.29) is 33.0 Å². The van der Waals surface area contributed by atoms with Crippen LogP contribution in [0.1, 0.15) is 36.8 Å². The number of sulfonamides is 1. The fourth-order valence-corrected chi connectivity index (χ4v) is 5.51. The number of halogens is 4. The van der Waals surface area contributed by atoms with Crippen LogP contribution in [0.5, 0.6) is 0 Å². The highest BCUT2D eigenvalue weighted by molar-refractivity contribution is 7.89. The molecule has 212 valence electrons. The lowest BCUT2D eigenvalue weighted by Gasteiger charge is -2.20. The van der Waals surface area contributed by atoms with Gasteiger partial charge in [0.2, 0.25) is 16.2 Å². The van der Waals surface area contributed by atoms with Crippen molar-refractivity contribution in [2.75, 3.05) is 5.32 Å². The summed E-state index contributed by atoms with van der Waals surface area (Å²) in [5.74, 6) is -2.06. The van der Waals surface area contributed by atoms with Gasteiger partial charge in [0, 0.05) is 22.4 Å². The van der Waals surface area contributed by atoms with Gasteiger partial charge in [0.25, 0.3) is 5.91 Å². The molecule has 3 aromatic carbocycles. The van der Waals surface area contributed by atoms with Crippen LogP contribution in [0.25, 0.3) is 22.4 Å². The maximum atomic E-state index is 15.1. The highest BCUT2D eigenvalue weighted by Gasteiger charge is 2.42. The normalized spacial score (nSPS) is 12.1. The maximum Gasteiger partial charge on any atom is 0.436 e. The Hall–Kier alpha value is -4.54. The van der Waals surface area contributed by atoms with Crippen LogP contribution in [0.2, 0.25) is 0 Å². The summed E-state index contributed by atoms with van der Waals surface area (Å²) in [6.45, 7) is 4.92. The van der Waals surface area contributed by atoms with Gasteiger partial charge < -0.3 is 5.32 Å². The molecule has 2 N–H and O–H groups in total. The number of alkyl halides is 3. The van der Waals surface area contributed by atoms with E-state index in [0.717, 1.165) is 6.07 Å². The highest BCUT2D eigenvalue weighted by Crippen LogP contribution is 2.37. The number of amides is 1. The lowest BCUT2D eigenvalue weighted by atomic mass is 10.0. The monoisotopic (exact) mass is 585 g/mol. The molecule has 41 heavy (non-hydrogen) atoms. The minimum atomic E-state index is -5.05. The van der Waals surface area contributed by atoms with Crippen LogP contribution in [-0.2, 0) is 16.2 Å². The van der Waals surface area contributed by atoms with Crippen molar-refractivity contribution < 1.29 is 30.8 Å². The third-order valence-electron chi connectivity index (χ3n) is 5.65. The number of nitrogens with zero attached hydrogens (tertiary/aromatic N) is 3. The van der Waals surface area contributed by atoms with E-state index >= 15 is 4.39 Å². The zero-order chi connectivity index (χ0) is 30.2. The zero-order valence-corrected chi connectivity index (χ0v) is 22.7. The fraction of sp³-hybridized carbons (Fsp3) is 0.179. The van der Waals surface area contributed by atoms with Crippen molar-refractivity contribution in [1.29, 1.82) is 5.26 Å². The van der Waals surface area contributed by atoms with Gasteiger partial charge in [-0.2, -0.15) is 28.2 Å². The molecule has 13 heteroatoms. The van der Waals surface area contributed by atoms with E-state index < -0.39 is 44.7 Å². The standard InChI is InChI=1S/C28H23F4N5O3S/c1-27(2,3)36-41(39,40)20-12-13-21(22(29)15-20)18-10-7-11-19(14-18)34-26(38)23-24(17-8-5-4-6-9-17)37(16-33)35-25(23)28(30,31)32/h4-15,36H,1-3H3,(H,34,38). The summed E-state index contributed by atoms with van der Waals surface area (Å²) in [5.41, 5.74) is -3.14. The molecule has 0 unspecified atom stereocenters. The van der Waals surface area contributed by atoms with E-state index in [1.807, 2.05) is 0 Å². The van der Waals surface area contributed by atoms with Crippen molar-refractivity contribution in [3.63, 3.8) is 0 Å². The van der Waals surface area contributed by atoms with Crippen molar-refractivity contribution in [3.8, 4) is 28.6 Å². The Balaban J connectivity index is 1.71. The maximum absolute atomic E-state index is 15.1. The lowest BCUT2D eigenvalue weighted by Crippen LogP contribution is -2.40. The summed E-state index contributed by atoms with van der Waals surface area (Å²) in [6, 6.07) is 16.5. The molecule has 0 radical (unpaired) electrons. The average molecular weight is 586 g/mol. The second kappa shape index (κ2) is 10.8. The summed E-state index contributed by atoms with van der Waals surface area (Å²) in [6.07, 6.45) is -3.50. The van der Waals surface area contributed by atoms with E-state index in [1.165, 1.54) is 60.7 Å². The molecule has 0 aliphatic heterocycles. The van der Waals surface area contributed by atoms with Crippen molar-refractivity contribution in [2.24, 2.45) is 0 Å². The molecule has 4 rings (SSSR count). The first kappa shape index (κ1) is 29.4.